The number of benzene rings is 4. The Bertz CT molecular complexity index is 2080. The number of hydrogen-bond acceptors (Lipinski definition) is 6. The number of pyridine rings is 1. The van der Waals surface area contributed by atoms with Crippen molar-refractivity contribution in [2.75, 3.05) is 6.54 Å². The molecule has 0 spiro atoms. The van der Waals surface area contributed by atoms with E-state index in [-0.39, 0.29) is 17.9 Å². The second-order valence-corrected chi connectivity index (χ2v) is 12.8. The number of nitrogens with zero attached hydrogens (tertiary/aromatic N) is 3. The minimum absolute atomic E-state index is 0.209. The summed E-state index contributed by atoms with van der Waals surface area (Å²) < 4.78 is 1.99. The Morgan fingerprint density at radius 3 is 2.34 bits per heavy atom. The van der Waals surface area contributed by atoms with Crippen LogP contribution in [0.2, 0.25) is 0 Å². The van der Waals surface area contributed by atoms with Crippen molar-refractivity contribution < 1.29 is 9.59 Å². The standard InChI is InChI=1S/C41H45N7O2/c1-28-11-9-22-44-38(28)26-42-21-10-18-37(41(50)46-29(2)32-17-8-13-30-12-4-5-14-33(30)32)47-40(49)36-20-19-31(34-15-6-7-16-35(34)36)25-43-27-39-45-23-24-48(39)3/h4-9,11-17,19-20,22-24,29,37,42-43H,10,18,21,25-27H2,1-3H3,(H,46,50)(H,47,49)/t29-,37-/m0/s1. The predicted octanol–water partition coefficient (Wildman–Crippen LogP) is 6.27. The number of aryl methyl sites for hydroxylation is 2. The van der Waals surface area contributed by atoms with E-state index in [9.17, 15) is 9.59 Å². The third-order valence-corrected chi connectivity index (χ3v) is 9.31. The van der Waals surface area contributed by atoms with Crippen LogP contribution in [0.3, 0.4) is 0 Å². The third-order valence-electron chi connectivity index (χ3n) is 9.31. The van der Waals surface area contributed by atoms with Gasteiger partial charge in [0, 0.05) is 44.3 Å². The topological polar surface area (TPSA) is 113 Å². The van der Waals surface area contributed by atoms with Crippen LogP contribution < -0.4 is 21.3 Å². The van der Waals surface area contributed by atoms with E-state index in [1.165, 1.54) is 0 Å². The normalized spacial score (nSPS) is 12.5. The Labute approximate surface area is 293 Å². The number of hydrogen-bond donors (Lipinski definition) is 4. The summed E-state index contributed by atoms with van der Waals surface area (Å²) >= 11 is 0. The zero-order valence-electron chi connectivity index (χ0n) is 28.9. The summed E-state index contributed by atoms with van der Waals surface area (Å²) in [5.74, 6) is 0.467. The molecular weight excluding hydrogens is 622 g/mol. The Balaban J connectivity index is 1.17. The highest BCUT2D eigenvalue weighted by atomic mass is 16.2. The Hall–Kier alpha value is -5.38. The van der Waals surface area contributed by atoms with E-state index < -0.39 is 6.04 Å². The van der Waals surface area contributed by atoms with Crippen LogP contribution in [0.15, 0.2) is 110 Å². The molecule has 4 N–H and O–H groups in total. The number of carbonyl (C=O) groups excluding carboxylic acids is 2. The van der Waals surface area contributed by atoms with Crippen LogP contribution >= 0.6 is 0 Å². The van der Waals surface area contributed by atoms with E-state index in [0.29, 0.717) is 44.6 Å². The maximum Gasteiger partial charge on any atom is 0.252 e. The van der Waals surface area contributed by atoms with Crippen molar-refractivity contribution in [2.45, 2.75) is 58.4 Å². The highest BCUT2D eigenvalue weighted by molar-refractivity contribution is 6.09. The minimum atomic E-state index is -0.726. The van der Waals surface area contributed by atoms with Crippen molar-refractivity contribution in [2.24, 2.45) is 7.05 Å². The summed E-state index contributed by atoms with van der Waals surface area (Å²) in [6.45, 7) is 6.61. The van der Waals surface area contributed by atoms with Crippen molar-refractivity contribution in [3.05, 3.63) is 143 Å². The molecule has 6 rings (SSSR count). The Kier molecular flexibility index (Phi) is 11.3. The fraction of sp³-hybridized carbons (Fsp3) is 0.268. The SMILES string of the molecule is Cc1cccnc1CNCCC[C@H](NC(=O)c1ccc(CNCc2nccn2C)c2ccccc12)C(=O)N[C@@H](C)c1cccc2ccccc12. The van der Waals surface area contributed by atoms with E-state index in [2.05, 4.69) is 49.4 Å². The van der Waals surface area contributed by atoms with Crippen molar-refractivity contribution in [3.63, 3.8) is 0 Å². The van der Waals surface area contributed by atoms with Gasteiger partial charge in [-0.2, -0.15) is 0 Å². The molecule has 0 fully saturated rings. The second-order valence-electron chi connectivity index (χ2n) is 12.8. The van der Waals surface area contributed by atoms with E-state index in [0.717, 1.165) is 49.8 Å². The molecule has 2 heterocycles. The predicted molar refractivity (Wildman–Crippen MR) is 199 cm³/mol. The molecule has 6 aromatic rings. The lowest BCUT2D eigenvalue weighted by Gasteiger charge is -2.23. The van der Waals surface area contributed by atoms with Crippen molar-refractivity contribution >= 4 is 33.4 Å². The van der Waals surface area contributed by atoms with Crippen LogP contribution in [-0.2, 0) is 31.5 Å². The molecule has 4 aromatic carbocycles. The lowest BCUT2D eigenvalue weighted by molar-refractivity contribution is -0.123. The fourth-order valence-electron chi connectivity index (χ4n) is 6.46. The molecule has 0 aliphatic heterocycles. The number of nitrogens with one attached hydrogen (secondary N) is 4. The van der Waals surface area contributed by atoms with Gasteiger partial charge in [-0.15, -0.1) is 0 Å². The maximum atomic E-state index is 14.0. The van der Waals surface area contributed by atoms with Crippen LogP contribution in [0.25, 0.3) is 21.5 Å². The van der Waals surface area contributed by atoms with E-state index in [1.807, 2.05) is 104 Å². The van der Waals surface area contributed by atoms with Gasteiger partial charge in [0.05, 0.1) is 18.3 Å². The molecule has 9 nitrogen and oxygen atoms in total. The number of imidazole rings is 1. The van der Waals surface area contributed by atoms with Gasteiger partial charge in [0.15, 0.2) is 0 Å². The van der Waals surface area contributed by atoms with Crippen molar-refractivity contribution in [1.82, 2.24) is 35.8 Å². The number of amides is 2. The van der Waals surface area contributed by atoms with E-state index in [4.69, 9.17) is 0 Å². The third kappa shape index (κ3) is 8.25. The van der Waals surface area contributed by atoms with Crippen molar-refractivity contribution in [3.8, 4) is 0 Å². The van der Waals surface area contributed by atoms with Crippen LogP contribution in [-0.4, -0.2) is 38.9 Å². The minimum Gasteiger partial charge on any atom is -0.348 e. The number of fused-ring (bicyclic) bond motifs is 2. The molecule has 0 saturated heterocycles. The summed E-state index contributed by atoms with van der Waals surface area (Å²) in [6, 6.07) is 29.1. The average Bonchev–Trinajstić information content (AvgIpc) is 3.55. The van der Waals surface area contributed by atoms with Crippen LogP contribution in [0.1, 0.15) is 64.4 Å². The highest BCUT2D eigenvalue weighted by Gasteiger charge is 2.24. The second kappa shape index (κ2) is 16.3. The molecule has 0 aliphatic rings. The molecule has 0 radical (unpaired) electrons. The summed E-state index contributed by atoms with van der Waals surface area (Å²) in [5, 5.41) is 17.3. The van der Waals surface area contributed by atoms with Crippen molar-refractivity contribution in [1.29, 1.82) is 0 Å². The van der Waals surface area contributed by atoms with Gasteiger partial charge in [-0.05, 0) is 83.6 Å². The number of rotatable bonds is 15. The monoisotopic (exact) mass is 667 g/mol. The lowest BCUT2D eigenvalue weighted by Crippen LogP contribution is -2.47. The first-order valence-electron chi connectivity index (χ1n) is 17.3. The molecule has 2 atom stereocenters. The summed E-state index contributed by atoms with van der Waals surface area (Å²) in [7, 11) is 1.98. The van der Waals surface area contributed by atoms with Gasteiger partial charge in [0.2, 0.25) is 5.91 Å². The molecule has 9 heteroatoms. The fourth-order valence-corrected chi connectivity index (χ4v) is 6.46. The lowest BCUT2D eigenvalue weighted by atomic mass is 9.98. The summed E-state index contributed by atoms with van der Waals surface area (Å²) in [4.78, 5) is 36.8. The molecule has 2 aromatic heterocycles. The average molecular weight is 668 g/mol. The molecule has 0 aliphatic carbocycles. The number of carbonyl (C=O) groups is 2. The van der Waals surface area contributed by atoms with Gasteiger partial charge >= 0.3 is 0 Å². The number of aromatic nitrogens is 3. The molecule has 0 saturated carbocycles. The van der Waals surface area contributed by atoms with E-state index in [1.54, 1.807) is 12.4 Å². The zero-order chi connectivity index (χ0) is 34.9. The first kappa shape index (κ1) is 34.5. The Morgan fingerprint density at radius 1 is 0.760 bits per heavy atom. The smallest absolute Gasteiger partial charge is 0.252 e. The van der Waals surface area contributed by atoms with Gasteiger partial charge < -0.3 is 25.8 Å². The summed E-state index contributed by atoms with van der Waals surface area (Å²) in [5.41, 5.74) is 4.79. The van der Waals surface area contributed by atoms with Gasteiger partial charge in [0.1, 0.15) is 11.9 Å². The first-order chi connectivity index (χ1) is 24.4. The van der Waals surface area contributed by atoms with Crippen LogP contribution in [0, 0.1) is 6.92 Å². The largest absolute Gasteiger partial charge is 0.348 e. The highest BCUT2D eigenvalue weighted by Crippen LogP contribution is 2.25. The zero-order valence-corrected chi connectivity index (χ0v) is 28.9. The summed E-state index contributed by atoms with van der Waals surface area (Å²) in [6.07, 6.45) is 6.68. The van der Waals surface area contributed by atoms with Gasteiger partial charge in [0.25, 0.3) is 5.91 Å². The molecular formula is C41H45N7O2. The Morgan fingerprint density at radius 2 is 1.54 bits per heavy atom. The maximum absolute atomic E-state index is 14.0. The van der Waals surface area contributed by atoms with Crippen LogP contribution in [0.5, 0.6) is 0 Å². The molecule has 50 heavy (non-hydrogen) atoms. The first-order valence-corrected chi connectivity index (χ1v) is 17.3. The molecule has 2 amide bonds. The molecule has 256 valence electrons. The quantitative estimate of drug-likeness (QED) is 0.0962. The van der Waals surface area contributed by atoms with Gasteiger partial charge in [-0.1, -0.05) is 78.9 Å². The van der Waals surface area contributed by atoms with Crippen LogP contribution in [0.4, 0.5) is 0 Å². The van der Waals surface area contributed by atoms with E-state index >= 15 is 0 Å². The van der Waals surface area contributed by atoms with Gasteiger partial charge in [-0.25, -0.2) is 4.98 Å². The van der Waals surface area contributed by atoms with Gasteiger partial charge in [-0.3, -0.25) is 14.6 Å². The molecule has 0 bridgehead atoms. The molecule has 0 unspecified atom stereocenters.